The van der Waals surface area contributed by atoms with Gasteiger partial charge in [-0.2, -0.15) is 0 Å². The highest BCUT2D eigenvalue weighted by atomic mass is 35.5. The van der Waals surface area contributed by atoms with E-state index in [0.29, 0.717) is 5.88 Å². The van der Waals surface area contributed by atoms with Crippen molar-refractivity contribution in [3.05, 3.63) is 34.9 Å². The average molecular weight is 245 g/mol. The highest BCUT2D eigenvalue weighted by Crippen LogP contribution is 2.34. The monoisotopic (exact) mass is 244 g/mol. The number of hydrogen-bond acceptors (Lipinski definition) is 0. The Kier molecular flexibility index (Phi) is 4.95. The Morgan fingerprint density at radius 1 is 1.13 bits per heavy atom. The summed E-state index contributed by atoms with van der Waals surface area (Å²) in [6.07, 6.45) is 3.17. The summed E-state index contributed by atoms with van der Waals surface area (Å²) in [7, 11) is 0. The molecule has 1 aromatic rings. The molecule has 0 spiro atoms. The summed E-state index contributed by atoms with van der Waals surface area (Å²) >= 11 is 12.2. The summed E-state index contributed by atoms with van der Waals surface area (Å²) in [6.45, 7) is 4.39. The second kappa shape index (κ2) is 5.77. The van der Waals surface area contributed by atoms with E-state index in [1.807, 2.05) is 18.2 Å². The summed E-state index contributed by atoms with van der Waals surface area (Å²) in [5.41, 5.74) is 1.41. The van der Waals surface area contributed by atoms with Crippen molar-refractivity contribution in [3.63, 3.8) is 0 Å². The van der Waals surface area contributed by atoms with E-state index in [-0.39, 0.29) is 5.41 Å². The van der Waals surface area contributed by atoms with Crippen molar-refractivity contribution >= 4 is 23.2 Å². The quantitative estimate of drug-likeness (QED) is 0.645. The minimum absolute atomic E-state index is 0.201. The minimum atomic E-state index is 0.201. The highest BCUT2D eigenvalue weighted by Gasteiger charge is 2.26. The number of alkyl halides is 1. The molecule has 0 aromatic heterocycles. The van der Waals surface area contributed by atoms with Gasteiger partial charge >= 0.3 is 0 Å². The van der Waals surface area contributed by atoms with Crippen LogP contribution < -0.4 is 0 Å². The van der Waals surface area contributed by atoms with Crippen molar-refractivity contribution in [2.45, 2.75) is 33.1 Å². The van der Waals surface area contributed by atoms with Crippen molar-refractivity contribution in [2.75, 3.05) is 5.88 Å². The van der Waals surface area contributed by atoms with Crippen molar-refractivity contribution in [3.8, 4) is 0 Å². The van der Waals surface area contributed by atoms with Gasteiger partial charge in [0.05, 0.1) is 0 Å². The summed E-state index contributed by atoms with van der Waals surface area (Å²) < 4.78 is 0. The lowest BCUT2D eigenvalue weighted by molar-refractivity contribution is 0.302. The standard InChI is InChI=1S/C13H18Cl2/c1-3-13(4-2,10-14)9-11-7-5-6-8-12(11)15/h5-8H,3-4,9-10H2,1-2H3. The van der Waals surface area contributed by atoms with Gasteiger partial charge in [-0.05, 0) is 36.3 Å². The van der Waals surface area contributed by atoms with Gasteiger partial charge in [-0.15, -0.1) is 11.6 Å². The van der Waals surface area contributed by atoms with Crippen LogP contribution in [0.4, 0.5) is 0 Å². The van der Waals surface area contributed by atoms with E-state index >= 15 is 0 Å². The molecular formula is C13H18Cl2. The molecule has 0 radical (unpaired) electrons. The first-order valence-corrected chi connectivity index (χ1v) is 6.38. The fraction of sp³-hybridized carbons (Fsp3) is 0.538. The van der Waals surface area contributed by atoms with Crippen molar-refractivity contribution in [1.29, 1.82) is 0 Å². The number of halogens is 2. The number of rotatable bonds is 5. The van der Waals surface area contributed by atoms with Crippen molar-refractivity contribution in [2.24, 2.45) is 5.41 Å². The molecular weight excluding hydrogens is 227 g/mol. The topological polar surface area (TPSA) is 0 Å². The van der Waals surface area contributed by atoms with Crippen LogP contribution in [-0.2, 0) is 6.42 Å². The molecule has 0 aliphatic heterocycles. The molecule has 0 bridgehead atoms. The average Bonchev–Trinajstić information content (AvgIpc) is 2.29. The Hall–Kier alpha value is -0.200. The second-order valence-electron chi connectivity index (χ2n) is 4.11. The molecule has 0 aliphatic carbocycles. The third kappa shape index (κ3) is 3.12. The third-order valence-electron chi connectivity index (χ3n) is 3.31. The maximum absolute atomic E-state index is 6.16. The van der Waals surface area contributed by atoms with Crippen LogP contribution in [-0.4, -0.2) is 5.88 Å². The third-order valence-corrected chi connectivity index (χ3v) is 4.24. The normalized spacial score (nSPS) is 11.7. The Morgan fingerprint density at radius 3 is 2.20 bits per heavy atom. The molecule has 0 heterocycles. The Balaban J connectivity index is 2.88. The number of hydrogen-bond donors (Lipinski definition) is 0. The van der Waals surface area contributed by atoms with Gasteiger partial charge in [0.2, 0.25) is 0 Å². The van der Waals surface area contributed by atoms with E-state index in [1.165, 1.54) is 5.56 Å². The molecule has 1 aromatic carbocycles. The van der Waals surface area contributed by atoms with Gasteiger partial charge in [0.1, 0.15) is 0 Å². The lowest BCUT2D eigenvalue weighted by Gasteiger charge is -2.29. The van der Waals surface area contributed by atoms with Gasteiger partial charge in [0, 0.05) is 10.9 Å². The van der Waals surface area contributed by atoms with E-state index < -0.39 is 0 Å². The molecule has 0 unspecified atom stereocenters. The van der Waals surface area contributed by atoms with Crippen LogP contribution >= 0.6 is 23.2 Å². The van der Waals surface area contributed by atoms with Crippen LogP contribution in [0.1, 0.15) is 32.3 Å². The fourth-order valence-electron chi connectivity index (χ4n) is 1.78. The predicted molar refractivity (Wildman–Crippen MR) is 68.9 cm³/mol. The second-order valence-corrected chi connectivity index (χ2v) is 4.78. The molecule has 84 valence electrons. The van der Waals surface area contributed by atoms with Crippen LogP contribution in [0, 0.1) is 5.41 Å². The van der Waals surface area contributed by atoms with Crippen molar-refractivity contribution < 1.29 is 0 Å². The summed E-state index contributed by atoms with van der Waals surface area (Å²) in [5.74, 6) is 0.700. The van der Waals surface area contributed by atoms with Crippen LogP contribution in [0.25, 0.3) is 0 Å². The van der Waals surface area contributed by atoms with Crippen molar-refractivity contribution in [1.82, 2.24) is 0 Å². The largest absolute Gasteiger partial charge is 0.126 e. The van der Waals surface area contributed by atoms with E-state index in [4.69, 9.17) is 23.2 Å². The molecule has 0 aliphatic rings. The maximum atomic E-state index is 6.16. The first-order valence-electron chi connectivity index (χ1n) is 5.47. The van der Waals surface area contributed by atoms with Crippen LogP contribution in [0.5, 0.6) is 0 Å². The van der Waals surface area contributed by atoms with Gasteiger partial charge < -0.3 is 0 Å². The van der Waals surface area contributed by atoms with Crippen LogP contribution in [0.15, 0.2) is 24.3 Å². The summed E-state index contributed by atoms with van der Waals surface area (Å²) in [5, 5.41) is 0.855. The molecule has 15 heavy (non-hydrogen) atoms. The summed E-state index contributed by atoms with van der Waals surface area (Å²) in [4.78, 5) is 0. The van der Waals surface area contributed by atoms with Gasteiger partial charge in [-0.1, -0.05) is 43.6 Å². The molecule has 1 rings (SSSR count). The zero-order chi connectivity index (χ0) is 11.3. The first kappa shape index (κ1) is 12.9. The molecule has 0 saturated heterocycles. The van der Waals surface area contributed by atoms with Gasteiger partial charge in [-0.3, -0.25) is 0 Å². The van der Waals surface area contributed by atoms with E-state index in [0.717, 1.165) is 24.3 Å². The SMILES string of the molecule is CCC(CC)(CCl)Cc1ccccc1Cl. The first-order chi connectivity index (χ1) is 7.17. The zero-order valence-electron chi connectivity index (χ0n) is 9.39. The Bertz CT molecular complexity index is 295. The van der Waals surface area contributed by atoms with E-state index in [1.54, 1.807) is 0 Å². The van der Waals surface area contributed by atoms with Gasteiger partial charge in [0.25, 0.3) is 0 Å². The van der Waals surface area contributed by atoms with E-state index in [2.05, 4.69) is 19.9 Å². The highest BCUT2D eigenvalue weighted by molar-refractivity contribution is 6.31. The van der Waals surface area contributed by atoms with E-state index in [9.17, 15) is 0 Å². The molecule has 2 heteroatoms. The van der Waals surface area contributed by atoms with Crippen LogP contribution in [0.3, 0.4) is 0 Å². The molecule has 0 fully saturated rings. The Morgan fingerprint density at radius 2 is 1.73 bits per heavy atom. The van der Waals surface area contributed by atoms with Crippen LogP contribution in [0.2, 0.25) is 5.02 Å². The molecule has 0 amide bonds. The molecule has 0 saturated carbocycles. The smallest absolute Gasteiger partial charge is 0.0438 e. The lowest BCUT2D eigenvalue weighted by atomic mass is 9.79. The lowest BCUT2D eigenvalue weighted by Crippen LogP contribution is -2.24. The predicted octanol–water partition coefficient (Wildman–Crippen LogP) is 4.93. The summed E-state index contributed by atoms with van der Waals surface area (Å²) in [6, 6.07) is 8.04. The maximum Gasteiger partial charge on any atom is 0.0438 e. The molecule has 0 nitrogen and oxygen atoms in total. The minimum Gasteiger partial charge on any atom is -0.126 e. The van der Waals surface area contributed by atoms with Gasteiger partial charge in [-0.25, -0.2) is 0 Å². The zero-order valence-corrected chi connectivity index (χ0v) is 10.9. The number of benzene rings is 1. The Labute approximate surface area is 103 Å². The molecule has 0 atom stereocenters. The molecule has 0 N–H and O–H groups in total. The van der Waals surface area contributed by atoms with Gasteiger partial charge in [0.15, 0.2) is 0 Å². The fourth-order valence-corrected chi connectivity index (χ4v) is 2.46.